The molecule has 0 spiro atoms. The Balaban J connectivity index is 2.18. The first-order valence-electron chi connectivity index (χ1n) is 6.62. The molecule has 1 aromatic carbocycles. The normalized spacial score (nSPS) is 17.5. The standard InChI is InChI=1S/C14H18ClN3O2/c15-10-5-4-9(12(16)19)8-11(10)18-13(20)14(17)6-2-1-3-7-14/h4-5,8H,1-3,6-7,17H2,(H2,16,19)(H,18,20). The molecule has 2 amide bonds. The molecular formula is C14H18ClN3O2. The van der Waals surface area contributed by atoms with Gasteiger partial charge in [0.2, 0.25) is 11.8 Å². The number of rotatable bonds is 3. The SMILES string of the molecule is NC(=O)c1ccc(Cl)c(NC(=O)C2(N)CCCCC2)c1. The maximum atomic E-state index is 12.3. The second-order valence-corrected chi connectivity index (χ2v) is 5.64. The van der Waals surface area contributed by atoms with Gasteiger partial charge < -0.3 is 16.8 Å². The molecule has 0 radical (unpaired) electrons. The van der Waals surface area contributed by atoms with Crippen molar-refractivity contribution in [2.75, 3.05) is 5.32 Å². The fraction of sp³-hybridized carbons (Fsp3) is 0.429. The van der Waals surface area contributed by atoms with E-state index in [0.29, 0.717) is 29.1 Å². The Kier molecular flexibility index (Phi) is 4.30. The van der Waals surface area contributed by atoms with Gasteiger partial charge in [0.25, 0.3) is 0 Å². The molecular weight excluding hydrogens is 278 g/mol. The Morgan fingerprint density at radius 1 is 1.20 bits per heavy atom. The Labute approximate surface area is 122 Å². The van der Waals surface area contributed by atoms with Crippen molar-refractivity contribution in [1.82, 2.24) is 0 Å². The lowest BCUT2D eigenvalue weighted by Gasteiger charge is -2.31. The summed E-state index contributed by atoms with van der Waals surface area (Å²) in [6.45, 7) is 0. The molecule has 2 rings (SSSR count). The molecule has 0 unspecified atom stereocenters. The minimum Gasteiger partial charge on any atom is -0.366 e. The van der Waals surface area contributed by atoms with Crippen LogP contribution in [-0.2, 0) is 4.79 Å². The number of hydrogen-bond donors (Lipinski definition) is 3. The largest absolute Gasteiger partial charge is 0.366 e. The Morgan fingerprint density at radius 3 is 2.45 bits per heavy atom. The van der Waals surface area contributed by atoms with Crippen LogP contribution in [0, 0.1) is 0 Å². The zero-order chi connectivity index (χ0) is 14.8. The number of halogens is 1. The van der Waals surface area contributed by atoms with Crippen molar-refractivity contribution in [3.05, 3.63) is 28.8 Å². The minimum absolute atomic E-state index is 0.263. The van der Waals surface area contributed by atoms with Crippen molar-refractivity contribution >= 4 is 29.1 Å². The zero-order valence-corrected chi connectivity index (χ0v) is 11.9. The topological polar surface area (TPSA) is 98.2 Å². The number of nitrogens with two attached hydrogens (primary N) is 2. The minimum atomic E-state index is -0.857. The van der Waals surface area contributed by atoms with E-state index in [1.165, 1.54) is 18.2 Å². The highest BCUT2D eigenvalue weighted by atomic mass is 35.5. The van der Waals surface area contributed by atoms with E-state index >= 15 is 0 Å². The summed E-state index contributed by atoms with van der Waals surface area (Å²) in [5.41, 5.74) is 11.2. The van der Waals surface area contributed by atoms with Gasteiger partial charge in [-0.3, -0.25) is 9.59 Å². The summed E-state index contributed by atoms with van der Waals surface area (Å²) in [7, 11) is 0. The molecule has 20 heavy (non-hydrogen) atoms. The van der Waals surface area contributed by atoms with Crippen LogP contribution in [-0.4, -0.2) is 17.4 Å². The molecule has 1 aromatic rings. The van der Waals surface area contributed by atoms with Crippen molar-refractivity contribution in [3.8, 4) is 0 Å². The van der Waals surface area contributed by atoms with Crippen molar-refractivity contribution in [2.45, 2.75) is 37.6 Å². The van der Waals surface area contributed by atoms with Crippen molar-refractivity contribution < 1.29 is 9.59 Å². The molecule has 0 saturated heterocycles. The molecule has 1 aliphatic carbocycles. The predicted octanol–water partition coefficient (Wildman–Crippen LogP) is 2.04. The second-order valence-electron chi connectivity index (χ2n) is 5.23. The molecule has 108 valence electrons. The molecule has 0 aliphatic heterocycles. The summed E-state index contributed by atoms with van der Waals surface area (Å²) in [6, 6.07) is 4.51. The molecule has 1 saturated carbocycles. The average molecular weight is 296 g/mol. The van der Waals surface area contributed by atoms with Gasteiger partial charge in [0, 0.05) is 5.56 Å². The van der Waals surface area contributed by atoms with E-state index in [0.717, 1.165) is 19.3 Å². The monoisotopic (exact) mass is 295 g/mol. The first kappa shape index (κ1) is 14.8. The molecule has 5 nitrogen and oxygen atoms in total. The third-order valence-electron chi connectivity index (χ3n) is 3.70. The van der Waals surface area contributed by atoms with Gasteiger partial charge in [-0.15, -0.1) is 0 Å². The molecule has 0 aromatic heterocycles. The van der Waals surface area contributed by atoms with Gasteiger partial charge in [-0.2, -0.15) is 0 Å². The number of carbonyl (C=O) groups excluding carboxylic acids is 2. The van der Waals surface area contributed by atoms with Gasteiger partial charge >= 0.3 is 0 Å². The summed E-state index contributed by atoms with van der Waals surface area (Å²) in [5, 5.41) is 3.06. The van der Waals surface area contributed by atoms with Crippen LogP contribution in [0.25, 0.3) is 0 Å². The van der Waals surface area contributed by atoms with Crippen molar-refractivity contribution in [3.63, 3.8) is 0 Å². The fourth-order valence-corrected chi connectivity index (χ4v) is 2.60. The Bertz CT molecular complexity index is 539. The average Bonchev–Trinajstić information content (AvgIpc) is 2.41. The highest BCUT2D eigenvalue weighted by Crippen LogP contribution is 2.29. The van der Waals surface area contributed by atoms with Crippen LogP contribution in [0.5, 0.6) is 0 Å². The van der Waals surface area contributed by atoms with E-state index in [2.05, 4.69) is 5.32 Å². The lowest BCUT2D eigenvalue weighted by molar-refractivity contribution is -0.122. The van der Waals surface area contributed by atoms with E-state index in [4.69, 9.17) is 23.1 Å². The number of hydrogen-bond acceptors (Lipinski definition) is 3. The van der Waals surface area contributed by atoms with E-state index in [1.807, 2.05) is 0 Å². The highest BCUT2D eigenvalue weighted by Gasteiger charge is 2.35. The summed E-state index contributed by atoms with van der Waals surface area (Å²) < 4.78 is 0. The number of primary amides is 1. The van der Waals surface area contributed by atoms with Gasteiger partial charge in [0.15, 0.2) is 0 Å². The molecule has 5 N–H and O–H groups in total. The maximum absolute atomic E-state index is 12.3. The third-order valence-corrected chi connectivity index (χ3v) is 4.03. The van der Waals surface area contributed by atoms with E-state index in [9.17, 15) is 9.59 Å². The lowest BCUT2D eigenvalue weighted by Crippen LogP contribution is -2.52. The third kappa shape index (κ3) is 3.11. The Hall–Kier alpha value is -1.59. The summed E-state index contributed by atoms with van der Waals surface area (Å²) >= 11 is 6.02. The van der Waals surface area contributed by atoms with E-state index in [-0.39, 0.29) is 5.91 Å². The van der Waals surface area contributed by atoms with Crippen LogP contribution in [0.4, 0.5) is 5.69 Å². The first-order valence-corrected chi connectivity index (χ1v) is 7.00. The molecule has 0 heterocycles. The van der Waals surface area contributed by atoms with Crippen LogP contribution in [0.2, 0.25) is 5.02 Å². The number of anilines is 1. The van der Waals surface area contributed by atoms with Gasteiger partial charge in [0.05, 0.1) is 16.2 Å². The quantitative estimate of drug-likeness (QED) is 0.796. The van der Waals surface area contributed by atoms with Crippen LogP contribution >= 0.6 is 11.6 Å². The molecule has 0 atom stereocenters. The smallest absolute Gasteiger partial charge is 0.248 e. The molecule has 6 heteroatoms. The van der Waals surface area contributed by atoms with E-state index in [1.54, 1.807) is 0 Å². The summed E-state index contributed by atoms with van der Waals surface area (Å²) in [4.78, 5) is 23.5. The fourth-order valence-electron chi connectivity index (χ4n) is 2.43. The lowest BCUT2D eigenvalue weighted by atomic mass is 9.82. The van der Waals surface area contributed by atoms with E-state index < -0.39 is 11.4 Å². The summed E-state index contributed by atoms with van der Waals surface area (Å²) in [5.74, 6) is -0.835. The van der Waals surface area contributed by atoms with Gasteiger partial charge in [-0.1, -0.05) is 30.9 Å². The zero-order valence-electron chi connectivity index (χ0n) is 11.1. The van der Waals surface area contributed by atoms with Gasteiger partial charge in [0.1, 0.15) is 0 Å². The number of amides is 2. The second kappa shape index (κ2) is 5.81. The maximum Gasteiger partial charge on any atom is 0.248 e. The number of nitrogens with one attached hydrogen (secondary N) is 1. The summed E-state index contributed by atoms with van der Waals surface area (Å²) in [6.07, 6.45) is 4.31. The molecule has 0 bridgehead atoms. The van der Waals surface area contributed by atoms with Crippen molar-refractivity contribution in [2.24, 2.45) is 11.5 Å². The van der Waals surface area contributed by atoms with Crippen molar-refractivity contribution in [1.29, 1.82) is 0 Å². The predicted molar refractivity (Wildman–Crippen MR) is 78.6 cm³/mol. The molecule has 1 fully saturated rings. The Morgan fingerprint density at radius 2 is 1.85 bits per heavy atom. The number of benzene rings is 1. The highest BCUT2D eigenvalue weighted by molar-refractivity contribution is 6.34. The van der Waals surface area contributed by atoms with Crippen LogP contribution in [0.3, 0.4) is 0 Å². The number of carbonyl (C=O) groups is 2. The van der Waals surface area contributed by atoms with Crippen LogP contribution in [0.1, 0.15) is 42.5 Å². The van der Waals surface area contributed by atoms with Crippen LogP contribution in [0.15, 0.2) is 18.2 Å². The van der Waals surface area contributed by atoms with Gasteiger partial charge in [-0.05, 0) is 31.0 Å². The van der Waals surface area contributed by atoms with Gasteiger partial charge in [-0.25, -0.2) is 0 Å². The van der Waals surface area contributed by atoms with Crippen LogP contribution < -0.4 is 16.8 Å². The first-order chi connectivity index (χ1) is 9.42. The molecule has 1 aliphatic rings.